The van der Waals surface area contributed by atoms with Crippen LogP contribution < -0.4 is 5.32 Å². The van der Waals surface area contributed by atoms with Crippen LogP contribution in [0.25, 0.3) is 0 Å². The molecule has 0 saturated heterocycles. The van der Waals surface area contributed by atoms with Crippen LogP contribution in [0.4, 0.5) is 0 Å². The molecule has 2 N–H and O–H groups in total. The smallest absolute Gasteiger partial charge is 0.0626 e. The number of aryl methyl sites for hydroxylation is 2. The lowest BCUT2D eigenvalue weighted by atomic mass is 10.1. The summed E-state index contributed by atoms with van der Waals surface area (Å²) >= 11 is 0. The maximum absolute atomic E-state index is 4.18. The summed E-state index contributed by atoms with van der Waals surface area (Å²) in [6.45, 7) is 9.60. The molecule has 3 nitrogen and oxygen atoms in total. The van der Waals surface area contributed by atoms with Crippen molar-refractivity contribution in [2.75, 3.05) is 6.54 Å². The van der Waals surface area contributed by atoms with Crippen LogP contribution in [0.2, 0.25) is 0 Å². The van der Waals surface area contributed by atoms with Crippen molar-refractivity contribution in [2.24, 2.45) is 0 Å². The molecule has 0 aliphatic rings. The molecule has 1 aromatic heterocycles. The molecule has 0 aliphatic carbocycles. The Bertz CT molecular complexity index is 259. The fraction of sp³-hybridized carbons (Fsp3) is 0.727. The number of aromatic nitrogens is 2. The molecule has 0 spiro atoms. The average molecular weight is 195 g/mol. The minimum absolute atomic E-state index is 0.613. The van der Waals surface area contributed by atoms with E-state index in [0.717, 1.165) is 18.7 Å². The Labute approximate surface area is 86.3 Å². The molecule has 14 heavy (non-hydrogen) atoms. The molecule has 80 valence electrons. The van der Waals surface area contributed by atoms with E-state index in [4.69, 9.17) is 0 Å². The second-order valence-electron chi connectivity index (χ2n) is 3.93. The highest BCUT2D eigenvalue weighted by molar-refractivity contribution is 5.23. The summed E-state index contributed by atoms with van der Waals surface area (Å²) in [5, 5.41) is 10.7. The highest BCUT2D eigenvalue weighted by Crippen LogP contribution is 2.09. The maximum Gasteiger partial charge on any atom is 0.0626 e. The molecule has 0 bridgehead atoms. The van der Waals surface area contributed by atoms with Gasteiger partial charge >= 0.3 is 0 Å². The highest BCUT2D eigenvalue weighted by atomic mass is 15.1. The van der Waals surface area contributed by atoms with Crippen LogP contribution in [0, 0.1) is 13.8 Å². The number of H-pyrrole nitrogens is 1. The monoisotopic (exact) mass is 195 g/mol. The lowest BCUT2D eigenvalue weighted by molar-refractivity contribution is 0.537. The van der Waals surface area contributed by atoms with Gasteiger partial charge in [0, 0.05) is 11.7 Å². The van der Waals surface area contributed by atoms with Crippen molar-refractivity contribution in [2.45, 2.75) is 46.6 Å². The summed E-state index contributed by atoms with van der Waals surface area (Å²) < 4.78 is 0. The lowest BCUT2D eigenvalue weighted by Gasteiger charge is -2.10. The first-order valence-electron chi connectivity index (χ1n) is 5.39. The van der Waals surface area contributed by atoms with Crippen LogP contribution in [0.3, 0.4) is 0 Å². The van der Waals surface area contributed by atoms with Crippen LogP contribution in [-0.2, 0) is 6.42 Å². The van der Waals surface area contributed by atoms with Gasteiger partial charge in [-0.05, 0) is 45.7 Å². The van der Waals surface area contributed by atoms with Crippen molar-refractivity contribution >= 4 is 0 Å². The van der Waals surface area contributed by atoms with Crippen LogP contribution in [0.1, 0.15) is 37.2 Å². The fourth-order valence-corrected chi connectivity index (χ4v) is 1.53. The molecule has 0 aromatic carbocycles. The lowest BCUT2D eigenvalue weighted by Crippen LogP contribution is -2.27. The Hall–Kier alpha value is -0.830. The Morgan fingerprint density at radius 3 is 2.64 bits per heavy atom. The van der Waals surface area contributed by atoms with Crippen LogP contribution in [0.5, 0.6) is 0 Å². The van der Waals surface area contributed by atoms with Crippen molar-refractivity contribution in [1.29, 1.82) is 0 Å². The Kier molecular flexibility index (Phi) is 4.14. The van der Waals surface area contributed by atoms with Gasteiger partial charge in [-0.2, -0.15) is 5.10 Å². The van der Waals surface area contributed by atoms with Crippen molar-refractivity contribution in [3.63, 3.8) is 0 Å². The highest BCUT2D eigenvalue weighted by Gasteiger charge is 2.05. The topological polar surface area (TPSA) is 40.7 Å². The summed E-state index contributed by atoms with van der Waals surface area (Å²) in [4.78, 5) is 0. The molecule has 0 radical (unpaired) electrons. The Morgan fingerprint density at radius 2 is 2.14 bits per heavy atom. The third kappa shape index (κ3) is 2.84. The van der Waals surface area contributed by atoms with E-state index in [1.165, 1.54) is 17.7 Å². The molecule has 0 aliphatic heterocycles. The minimum Gasteiger partial charge on any atom is -0.314 e. The molecule has 1 aromatic rings. The van der Waals surface area contributed by atoms with Gasteiger partial charge in [0.1, 0.15) is 0 Å². The molecule has 1 rings (SSSR count). The third-order valence-electron chi connectivity index (χ3n) is 2.76. The summed E-state index contributed by atoms with van der Waals surface area (Å²) in [6.07, 6.45) is 2.25. The van der Waals surface area contributed by atoms with Crippen LogP contribution >= 0.6 is 0 Å². The molecule has 1 atom stereocenters. The first-order chi connectivity index (χ1) is 6.65. The average Bonchev–Trinajstić information content (AvgIpc) is 2.48. The SMILES string of the molecule is CCC(C)NCCc1c(C)n[nH]c1C. The first kappa shape index (κ1) is 11.2. The molecular weight excluding hydrogens is 174 g/mol. The van der Waals surface area contributed by atoms with E-state index < -0.39 is 0 Å². The number of nitrogens with zero attached hydrogens (tertiary/aromatic N) is 1. The van der Waals surface area contributed by atoms with Gasteiger partial charge in [-0.3, -0.25) is 5.10 Å². The molecule has 3 heteroatoms. The number of aromatic amines is 1. The van der Waals surface area contributed by atoms with Gasteiger partial charge in [0.25, 0.3) is 0 Å². The zero-order valence-electron chi connectivity index (χ0n) is 9.65. The molecule has 0 fully saturated rings. The van der Waals surface area contributed by atoms with E-state index >= 15 is 0 Å². The Balaban J connectivity index is 2.38. The van der Waals surface area contributed by atoms with E-state index in [9.17, 15) is 0 Å². The van der Waals surface area contributed by atoms with Gasteiger partial charge in [0.05, 0.1) is 5.69 Å². The number of hydrogen-bond donors (Lipinski definition) is 2. The van der Waals surface area contributed by atoms with E-state index in [0.29, 0.717) is 6.04 Å². The normalized spacial score (nSPS) is 13.1. The summed E-state index contributed by atoms with van der Waals surface area (Å²) in [6, 6.07) is 0.613. The van der Waals surface area contributed by atoms with Crippen molar-refractivity contribution in [1.82, 2.24) is 15.5 Å². The summed E-state index contributed by atoms with van der Waals surface area (Å²) in [5.74, 6) is 0. The van der Waals surface area contributed by atoms with Gasteiger partial charge in [0.2, 0.25) is 0 Å². The summed E-state index contributed by atoms with van der Waals surface area (Å²) in [7, 11) is 0. The quantitative estimate of drug-likeness (QED) is 0.754. The molecule has 1 heterocycles. The van der Waals surface area contributed by atoms with E-state index in [1.54, 1.807) is 0 Å². The van der Waals surface area contributed by atoms with Gasteiger partial charge in [-0.25, -0.2) is 0 Å². The largest absolute Gasteiger partial charge is 0.314 e. The number of rotatable bonds is 5. The molecule has 0 saturated carbocycles. The molecule has 1 unspecified atom stereocenters. The van der Waals surface area contributed by atoms with E-state index in [1.807, 2.05) is 0 Å². The maximum atomic E-state index is 4.18. The number of nitrogens with one attached hydrogen (secondary N) is 2. The zero-order valence-corrected chi connectivity index (χ0v) is 9.65. The fourth-order valence-electron chi connectivity index (χ4n) is 1.53. The van der Waals surface area contributed by atoms with Gasteiger partial charge in [-0.1, -0.05) is 6.92 Å². The third-order valence-corrected chi connectivity index (χ3v) is 2.76. The van der Waals surface area contributed by atoms with Gasteiger partial charge in [-0.15, -0.1) is 0 Å². The van der Waals surface area contributed by atoms with Crippen molar-refractivity contribution in [3.8, 4) is 0 Å². The van der Waals surface area contributed by atoms with E-state index in [-0.39, 0.29) is 0 Å². The Morgan fingerprint density at radius 1 is 1.43 bits per heavy atom. The predicted octanol–water partition coefficient (Wildman–Crippen LogP) is 1.96. The van der Waals surface area contributed by atoms with E-state index in [2.05, 4.69) is 43.2 Å². The van der Waals surface area contributed by atoms with Crippen LogP contribution in [-0.4, -0.2) is 22.8 Å². The van der Waals surface area contributed by atoms with Crippen LogP contribution in [0.15, 0.2) is 0 Å². The molecule has 0 amide bonds. The van der Waals surface area contributed by atoms with Crippen molar-refractivity contribution in [3.05, 3.63) is 17.0 Å². The molecular formula is C11H21N3. The van der Waals surface area contributed by atoms with Gasteiger partial charge in [0.15, 0.2) is 0 Å². The zero-order chi connectivity index (χ0) is 10.6. The summed E-state index contributed by atoms with van der Waals surface area (Å²) in [5.41, 5.74) is 3.70. The second-order valence-corrected chi connectivity index (χ2v) is 3.93. The van der Waals surface area contributed by atoms with Gasteiger partial charge < -0.3 is 5.32 Å². The standard InChI is InChI=1S/C11H21N3/c1-5-8(2)12-7-6-11-9(3)13-14-10(11)4/h8,12H,5-7H2,1-4H3,(H,13,14). The number of hydrogen-bond acceptors (Lipinski definition) is 2. The second kappa shape index (κ2) is 5.15. The minimum atomic E-state index is 0.613. The predicted molar refractivity (Wildman–Crippen MR) is 59.5 cm³/mol. The first-order valence-corrected chi connectivity index (χ1v) is 5.39. The van der Waals surface area contributed by atoms with Crippen molar-refractivity contribution < 1.29 is 0 Å².